The summed E-state index contributed by atoms with van der Waals surface area (Å²) in [7, 11) is 1.63. The molecule has 3 rings (SSSR count). The lowest BCUT2D eigenvalue weighted by atomic mass is 10.0. The first-order chi connectivity index (χ1) is 11.2. The van der Waals surface area contributed by atoms with Crippen molar-refractivity contribution < 1.29 is 19.4 Å². The average Bonchev–Trinajstić information content (AvgIpc) is 3.08. The van der Waals surface area contributed by atoms with Gasteiger partial charge in [0.2, 0.25) is 0 Å². The molecule has 0 aromatic heterocycles. The molecule has 1 saturated carbocycles. The smallest absolute Gasteiger partial charge is 0.335 e. The van der Waals surface area contributed by atoms with E-state index >= 15 is 0 Å². The van der Waals surface area contributed by atoms with Crippen LogP contribution in [0, 0.1) is 0 Å². The predicted molar refractivity (Wildman–Crippen MR) is 88.3 cm³/mol. The molecule has 1 fully saturated rings. The number of carboxylic acids is 1. The SMILES string of the molecule is COc1ccc(-c2cccc(C(=O)O)c2)cc1OC1CCCC1. The number of ether oxygens (including phenoxy) is 2. The molecule has 0 atom stereocenters. The first-order valence-electron chi connectivity index (χ1n) is 7.86. The lowest BCUT2D eigenvalue weighted by molar-refractivity contribution is 0.0697. The molecule has 0 radical (unpaired) electrons. The van der Waals surface area contributed by atoms with Gasteiger partial charge in [-0.2, -0.15) is 0 Å². The Labute approximate surface area is 135 Å². The van der Waals surface area contributed by atoms with Crippen LogP contribution < -0.4 is 9.47 Å². The van der Waals surface area contributed by atoms with Gasteiger partial charge in [-0.25, -0.2) is 4.79 Å². The van der Waals surface area contributed by atoms with E-state index in [0.717, 1.165) is 29.7 Å². The fourth-order valence-corrected chi connectivity index (χ4v) is 2.97. The van der Waals surface area contributed by atoms with Crippen LogP contribution in [0.4, 0.5) is 0 Å². The number of carboxylic acid groups (broad SMARTS) is 1. The molecule has 0 aliphatic heterocycles. The van der Waals surface area contributed by atoms with Gasteiger partial charge in [-0.1, -0.05) is 18.2 Å². The van der Waals surface area contributed by atoms with Crippen LogP contribution in [0.1, 0.15) is 36.0 Å². The summed E-state index contributed by atoms with van der Waals surface area (Å²) in [6, 6.07) is 12.6. The summed E-state index contributed by atoms with van der Waals surface area (Å²) in [4.78, 5) is 11.1. The van der Waals surface area contributed by atoms with Crippen LogP contribution in [-0.2, 0) is 0 Å². The van der Waals surface area contributed by atoms with E-state index < -0.39 is 5.97 Å². The normalized spacial score (nSPS) is 14.7. The summed E-state index contributed by atoms with van der Waals surface area (Å²) in [5.74, 6) is 0.496. The van der Waals surface area contributed by atoms with E-state index in [1.807, 2.05) is 24.3 Å². The van der Waals surface area contributed by atoms with Crippen molar-refractivity contribution in [1.29, 1.82) is 0 Å². The Morgan fingerprint density at radius 2 is 1.78 bits per heavy atom. The number of aromatic carboxylic acids is 1. The second-order valence-electron chi connectivity index (χ2n) is 5.78. The maximum atomic E-state index is 11.1. The number of hydrogen-bond donors (Lipinski definition) is 1. The third kappa shape index (κ3) is 3.47. The van der Waals surface area contributed by atoms with Crippen LogP contribution in [0.3, 0.4) is 0 Å². The lowest BCUT2D eigenvalue weighted by Crippen LogP contribution is -2.11. The molecule has 0 spiro atoms. The summed E-state index contributed by atoms with van der Waals surface area (Å²) >= 11 is 0. The van der Waals surface area contributed by atoms with Crippen molar-refractivity contribution in [2.24, 2.45) is 0 Å². The standard InChI is InChI=1S/C19H20O4/c1-22-17-10-9-14(12-18(17)23-16-7-2-3-8-16)13-5-4-6-15(11-13)19(20)21/h4-6,9-12,16H,2-3,7-8H2,1H3,(H,20,21). The number of carbonyl (C=O) groups is 1. The van der Waals surface area contributed by atoms with Gasteiger partial charge in [0.25, 0.3) is 0 Å². The highest BCUT2D eigenvalue weighted by molar-refractivity contribution is 5.89. The highest BCUT2D eigenvalue weighted by atomic mass is 16.5. The second-order valence-corrected chi connectivity index (χ2v) is 5.78. The molecule has 4 nitrogen and oxygen atoms in total. The lowest BCUT2D eigenvalue weighted by Gasteiger charge is -2.17. The minimum atomic E-state index is -0.928. The van der Waals surface area contributed by atoms with Crippen LogP contribution in [0.25, 0.3) is 11.1 Å². The van der Waals surface area contributed by atoms with Gasteiger partial charge in [0, 0.05) is 0 Å². The summed E-state index contributed by atoms with van der Waals surface area (Å²) in [6.45, 7) is 0. The zero-order chi connectivity index (χ0) is 16.2. The molecular formula is C19H20O4. The summed E-state index contributed by atoms with van der Waals surface area (Å²) in [6.07, 6.45) is 4.79. The highest BCUT2D eigenvalue weighted by Gasteiger charge is 2.19. The van der Waals surface area contributed by atoms with Crippen LogP contribution in [0.2, 0.25) is 0 Å². The van der Waals surface area contributed by atoms with Crippen molar-refractivity contribution in [2.45, 2.75) is 31.8 Å². The Morgan fingerprint density at radius 3 is 2.48 bits per heavy atom. The van der Waals surface area contributed by atoms with Gasteiger partial charge in [0.1, 0.15) is 0 Å². The van der Waals surface area contributed by atoms with Gasteiger partial charge in [-0.05, 0) is 61.1 Å². The maximum absolute atomic E-state index is 11.1. The molecule has 1 aliphatic carbocycles. The Balaban J connectivity index is 1.93. The quantitative estimate of drug-likeness (QED) is 0.890. The van der Waals surface area contributed by atoms with E-state index in [2.05, 4.69) is 0 Å². The fourth-order valence-electron chi connectivity index (χ4n) is 2.97. The van der Waals surface area contributed by atoms with E-state index in [4.69, 9.17) is 14.6 Å². The van der Waals surface area contributed by atoms with Crippen molar-refractivity contribution >= 4 is 5.97 Å². The van der Waals surface area contributed by atoms with Crippen LogP contribution in [0.15, 0.2) is 42.5 Å². The van der Waals surface area contributed by atoms with E-state index in [1.165, 1.54) is 12.8 Å². The summed E-state index contributed by atoms with van der Waals surface area (Å²) in [5, 5.41) is 9.14. The molecule has 2 aromatic carbocycles. The van der Waals surface area contributed by atoms with E-state index in [-0.39, 0.29) is 11.7 Å². The van der Waals surface area contributed by atoms with Gasteiger partial charge >= 0.3 is 5.97 Å². The van der Waals surface area contributed by atoms with Crippen molar-refractivity contribution in [3.63, 3.8) is 0 Å². The first-order valence-corrected chi connectivity index (χ1v) is 7.86. The van der Waals surface area contributed by atoms with E-state index in [0.29, 0.717) is 5.75 Å². The van der Waals surface area contributed by atoms with Crippen molar-refractivity contribution in [2.75, 3.05) is 7.11 Å². The van der Waals surface area contributed by atoms with Gasteiger partial charge < -0.3 is 14.6 Å². The molecule has 0 saturated heterocycles. The van der Waals surface area contributed by atoms with Crippen molar-refractivity contribution in [1.82, 2.24) is 0 Å². The summed E-state index contributed by atoms with van der Waals surface area (Å²) < 4.78 is 11.5. The molecule has 4 heteroatoms. The Morgan fingerprint density at radius 1 is 1.04 bits per heavy atom. The minimum Gasteiger partial charge on any atom is -0.493 e. The zero-order valence-electron chi connectivity index (χ0n) is 13.1. The topological polar surface area (TPSA) is 55.8 Å². The average molecular weight is 312 g/mol. The van der Waals surface area contributed by atoms with Gasteiger partial charge in [-0.3, -0.25) is 0 Å². The maximum Gasteiger partial charge on any atom is 0.335 e. The van der Waals surface area contributed by atoms with E-state index in [9.17, 15) is 4.79 Å². The zero-order valence-corrected chi connectivity index (χ0v) is 13.1. The largest absolute Gasteiger partial charge is 0.493 e. The molecule has 0 bridgehead atoms. The predicted octanol–water partition coefficient (Wildman–Crippen LogP) is 4.38. The van der Waals surface area contributed by atoms with Gasteiger partial charge in [0.15, 0.2) is 11.5 Å². The van der Waals surface area contributed by atoms with E-state index in [1.54, 1.807) is 25.3 Å². The molecule has 1 N–H and O–H groups in total. The monoisotopic (exact) mass is 312 g/mol. The molecule has 1 aliphatic rings. The Kier molecular flexibility index (Phi) is 4.51. The first kappa shape index (κ1) is 15.4. The molecule has 0 heterocycles. The third-order valence-electron chi connectivity index (χ3n) is 4.20. The molecule has 0 amide bonds. The molecule has 23 heavy (non-hydrogen) atoms. The van der Waals surface area contributed by atoms with Gasteiger partial charge in [-0.15, -0.1) is 0 Å². The number of rotatable bonds is 5. The fraction of sp³-hybridized carbons (Fsp3) is 0.316. The van der Waals surface area contributed by atoms with Crippen LogP contribution >= 0.6 is 0 Å². The molecule has 0 unspecified atom stereocenters. The molecule has 120 valence electrons. The van der Waals surface area contributed by atoms with Gasteiger partial charge in [0.05, 0.1) is 18.8 Å². The molecular weight excluding hydrogens is 292 g/mol. The van der Waals surface area contributed by atoms with Crippen molar-refractivity contribution in [3.8, 4) is 22.6 Å². The van der Waals surface area contributed by atoms with Crippen molar-refractivity contribution in [3.05, 3.63) is 48.0 Å². The Hall–Kier alpha value is -2.49. The van der Waals surface area contributed by atoms with Crippen LogP contribution in [-0.4, -0.2) is 24.3 Å². The second kappa shape index (κ2) is 6.73. The highest BCUT2D eigenvalue weighted by Crippen LogP contribution is 2.35. The Bertz CT molecular complexity index is 702. The third-order valence-corrected chi connectivity index (χ3v) is 4.20. The molecule has 2 aromatic rings. The van der Waals surface area contributed by atoms with Crippen LogP contribution in [0.5, 0.6) is 11.5 Å². The number of benzene rings is 2. The summed E-state index contributed by atoms with van der Waals surface area (Å²) in [5.41, 5.74) is 2.04. The number of methoxy groups -OCH3 is 1. The minimum absolute atomic E-state index is 0.240. The number of hydrogen-bond acceptors (Lipinski definition) is 3.